The van der Waals surface area contributed by atoms with E-state index in [1.807, 2.05) is 29.6 Å². The van der Waals surface area contributed by atoms with Gasteiger partial charge in [-0.25, -0.2) is 0 Å². The number of nitrogens with zero attached hydrogens (tertiary/aromatic N) is 1. The first-order valence-electron chi connectivity index (χ1n) is 5.89. The molecule has 1 aromatic heterocycles. The maximum absolute atomic E-state index is 11.9. The minimum Gasteiger partial charge on any atom is -0.321 e. The van der Waals surface area contributed by atoms with E-state index in [1.54, 1.807) is 18.0 Å². The molecule has 96 valence electrons. The molecule has 0 fully saturated rings. The van der Waals surface area contributed by atoms with Gasteiger partial charge in [-0.05, 0) is 35.2 Å². The summed E-state index contributed by atoms with van der Waals surface area (Å²) in [5.41, 5.74) is 2.59. The lowest BCUT2D eigenvalue weighted by atomic mass is 10.1. The van der Waals surface area contributed by atoms with Crippen molar-refractivity contribution in [2.24, 2.45) is 0 Å². The highest BCUT2D eigenvalue weighted by atomic mass is 32.1. The standard InChI is InChI=1S/C14H12N2O2S/c1-16-11-5-4-10(7-9(11)8-13(16)17)15-14(18)12-3-2-6-19-12/h2-7H,8H2,1H3,(H,15,18). The second-order valence-corrected chi connectivity index (χ2v) is 5.35. The third kappa shape index (κ3) is 2.13. The Hall–Kier alpha value is -2.14. The lowest BCUT2D eigenvalue weighted by Gasteiger charge is -2.10. The first kappa shape index (κ1) is 11.9. The summed E-state index contributed by atoms with van der Waals surface area (Å²) in [7, 11) is 1.76. The van der Waals surface area contributed by atoms with Gasteiger partial charge in [-0.1, -0.05) is 6.07 Å². The zero-order valence-corrected chi connectivity index (χ0v) is 11.2. The van der Waals surface area contributed by atoms with Crippen molar-refractivity contribution >= 4 is 34.5 Å². The predicted octanol–water partition coefficient (Wildman–Crippen LogP) is 2.52. The summed E-state index contributed by atoms with van der Waals surface area (Å²) in [5, 5.41) is 4.71. The number of carbonyl (C=O) groups excluding carboxylic acids is 2. The third-order valence-corrected chi connectivity index (χ3v) is 4.03. The van der Waals surface area contributed by atoms with E-state index in [2.05, 4.69) is 5.32 Å². The van der Waals surface area contributed by atoms with Gasteiger partial charge in [-0.3, -0.25) is 9.59 Å². The molecule has 0 unspecified atom stereocenters. The average Bonchev–Trinajstić information content (AvgIpc) is 2.99. The van der Waals surface area contributed by atoms with Crippen molar-refractivity contribution in [3.05, 3.63) is 46.2 Å². The minimum atomic E-state index is -0.118. The van der Waals surface area contributed by atoms with Crippen LogP contribution in [0.4, 0.5) is 11.4 Å². The highest BCUT2D eigenvalue weighted by molar-refractivity contribution is 7.12. The Bertz CT molecular complexity index is 649. The average molecular weight is 272 g/mol. The van der Waals surface area contributed by atoms with Gasteiger partial charge < -0.3 is 10.2 Å². The summed E-state index contributed by atoms with van der Waals surface area (Å²) in [6.07, 6.45) is 0.397. The van der Waals surface area contributed by atoms with Crippen LogP contribution in [0.25, 0.3) is 0 Å². The van der Waals surface area contributed by atoms with Crippen LogP contribution in [-0.2, 0) is 11.2 Å². The molecule has 5 heteroatoms. The van der Waals surface area contributed by atoms with Crippen LogP contribution in [0.15, 0.2) is 35.7 Å². The van der Waals surface area contributed by atoms with Gasteiger partial charge in [0.15, 0.2) is 0 Å². The van der Waals surface area contributed by atoms with Crippen LogP contribution in [0.3, 0.4) is 0 Å². The largest absolute Gasteiger partial charge is 0.321 e. The normalized spacial score (nSPS) is 13.5. The van der Waals surface area contributed by atoms with Crippen molar-refractivity contribution in [1.29, 1.82) is 0 Å². The highest BCUT2D eigenvalue weighted by Crippen LogP contribution is 2.30. The van der Waals surface area contributed by atoms with E-state index >= 15 is 0 Å². The van der Waals surface area contributed by atoms with Gasteiger partial charge in [0.2, 0.25) is 5.91 Å². The molecule has 19 heavy (non-hydrogen) atoms. The second kappa shape index (κ2) is 4.51. The molecular formula is C14H12N2O2S. The number of thiophene rings is 1. The van der Waals surface area contributed by atoms with Crippen molar-refractivity contribution in [3.63, 3.8) is 0 Å². The summed E-state index contributed by atoms with van der Waals surface area (Å²) in [6, 6.07) is 9.17. The number of fused-ring (bicyclic) bond motifs is 1. The van der Waals surface area contributed by atoms with Crippen molar-refractivity contribution in [2.45, 2.75) is 6.42 Å². The summed E-state index contributed by atoms with van der Waals surface area (Å²) in [6.45, 7) is 0. The zero-order valence-electron chi connectivity index (χ0n) is 10.3. The van der Waals surface area contributed by atoms with E-state index in [1.165, 1.54) is 11.3 Å². The Balaban J connectivity index is 1.83. The number of nitrogens with one attached hydrogen (secondary N) is 1. The summed E-state index contributed by atoms with van der Waals surface area (Å²) in [5.74, 6) is -0.0376. The molecule has 0 spiro atoms. The van der Waals surface area contributed by atoms with Crippen LogP contribution < -0.4 is 10.2 Å². The van der Waals surface area contributed by atoms with Gasteiger partial charge in [-0.15, -0.1) is 11.3 Å². The first-order valence-corrected chi connectivity index (χ1v) is 6.77. The zero-order chi connectivity index (χ0) is 13.4. The predicted molar refractivity (Wildman–Crippen MR) is 75.8 cm³/mol. The van der Waals surface area contributed by atoms with Crippen LogP contribution in [0, 0.1) is 0 Å². The fraction of sp³-hybridized carbons (Fsp3) is 0.143. The molecule has 2 amide bonds. The van der Waals surface area contributed by atoms with E-state index in [0.717, 1.165) is 16.9 Å². The van der Waals surface area contributed by atoms with E-state index in [0.29, 0.717) is 11.3 Å². The quantitative estimate of drug-likeness (QED) is 0.913. The molecule has 0 radical (unpaired) electrons. The molecule has 4 nitrogen and oxygen atoms in total. The maximum Gasteiger partial charge on any atom is 0.265 e. The van der Waals surface area contributed by atoms with E-state index in [4.69, 9.17) is 0 Å². The number of likely N-dealkylation sites (N-methyl/N-ethyl adjacent to an activating group) is 1. The Morgan fingerprint density at radius 2 is 2.21 bits per heavy atom. The van der Waals surface area contributed by atoms with Crippen LogP contribution in [0.2, 0.25) is 0 Å². The summed E-state index contributed by atoms with van der Waals surface area (Å²) in [4.78, 5) is 25.8. The molecule has 0 aliphatic carbocycles. The number of hydrogen-bond acceptors (Lipinski definition) is 3. The van der Waals surface area contributed by atoms with Gasteiger partial charge in [0, 0.05) is 18.4 Å². The molecule has 0 bridgehead atoms. The van der Waals surface area contributed by atoms with Gasteiger partial charge in [-0.2, -0.15) is 0 Å². The number of rotatable bonds is 2. The van der Waals surface area contributed by atoms with Crippen molar-refractivity contribution < 1.29 is 9.59 Å². The van der Waals surface area contributed by atoms with Crippen LogP contribution in [0.5, 0.6) is 0 Å². The molecule has 0 saturated carbocycles. The molecule has 1 aromatic carbocycles. The smallest absolute Gasteiger partial charge is 0.265 e. The highest BCUT2D eigenvalue weighted by Gasteiger charge is 2.24. The third-order valence-electron chi connectivity index (χ3n) is 3.16. The van der Waals surface area contributed by atoms with Crippen LogP contribution in [0.1, 0.15) is 15.2 Å². The number of hydrogen-bond donors (Lipinski definition) is 1. The number of amides is 2. The van der Waals surface area contributed by atoms with Gasteiger partial charge in [0.1, 0.15) is 0 Å². The fourth-order valence-electron chi connectivity index (χ4n) is 2.15. The van der Waals surface area contributed by atoms with Gasteiger partial charge in [0.05, 0.1) is 11.3 Å². The number of carbonyl (C=O) groups is 2. The second-order valence-electron chi connectivity index (χ2n) is 4.40. The molecule has 0 atom stereocenters. The van der Waals surface area contributed by atoms with Crippen molar-refractivity contribution in [3.8, 4) is 0 Å². The summed E-state index contributed by atoms with van der Waals surface area (Å²) >= 11 is 1.40. The molecule has 1 aliphatic heterocycles. The van der Waals surface area contributed by atoms with E-state index in [-0.39, 0.29) is 11.8 Å². The Morgan fingerprint density at radius 3 is 2.95 bits per heavy atom. The topological polar surface area (TPSA) is 49.4 Å². The van der Waals surface area contributed by atoms with Crippen molar-refractivity contribution in [1.82, 2.24) is 0 Å². The number of benzene rings is 1. The number of anilines is 2. The van der Waals surface area contributed by atoms with Crippen LogP contribution >= 0.6 is 11.3 Å². The monoisotopic (exact) mass is 272 g/mol. The lowest BCUT2D eigenvalue weighted by Crippen LogP contribution is -2.20. The molecule has 1 N–H and O–H groups in total. The Labute approximate surface area is 114 Å². The lowest BCUT2D eigenvalue weighted by molar-refractivity contribution is -0.117. The maximum atomic E-state index is 11.9. The Morgan fingerprint density at radius 1 is 1.37 bits per heavy atom. The fourth-order valence-corrected chi connectivity index (χ4v) is 2.77. The SMILES string of the molecule is CN1C(=O)Cc2cc(NC(=O)c3cccs3)ccc21. The molecule has 3 rings (SSSR count). The molecular weight excluding hydrogens is 260 g/mol. The summed E-state index contributed by atoms with van der Waals surface area (Å²) < 4.78 is 0. The minimum absolute atomic E-state index is 0.0803. The Kier molecular flexibility index (Phi) is 2.83. The molecule has 2 heterocycles. The first-order chi connectivity index (χ1) is 9.15. The molecule has 1 aliphatic rings. The molecule has 0 saturated heterocycles. The van der Waals surface area contributed by atoms with Gasteiger partial charge in [0.25, 0.3) is 5.91 Å². The van der Waals surface area contributed by atoms with Crippen LogP contribution in [-0.4, -0.2) is 18.9 Å². The molecule has 2 aromatic rings. The van der Waals surface area contributed by atoms with Gasteiger partial charge >= 0.3 is 0 Å². The van der Waals surface area contributed by atoms with E-state index < -0.39 is 0 Å². The van der Waals surface area contributed by atoms with E-state index in [9.17, 15) is 9.59 Å². The van der Waals surface area contributed by atoms with Crippen molar-refractivity contribution in [2.75, 3.05) is 17.3 Å².